The van der Waals surface area contributed by atoms with Crippen LogP contribution in [0, 0.1) is 40.8 Å². The molecule has 0 saturated heterocycles. The molecule has 2 bridgehead atoms. The first-order valence-electron chi connectivity index (χ1n) is 11.9. The summed E-state index contributed by atoms with van der Waals surface area (Å²) in [4.78, 5) is 33.8. The zero-order valence-electron chi connectivity index (χ0n) is 18.9. The van der Waals surface area contributed by atoms with Crippen LogP contribution in [-0.2, 0) is 4.79 Å². The van der Waals surface area contributed by atoms with Crippen LogP contribution < -0.4 is 10.6 Å². The van der Waals surface area contributed by atoms with E-state index >= 15 is 4.39 Å². The number of fused-ring (bicyclic) bond motifs is 1. The number of aliphatic hydroxyl groups is 1. The van der Waals surface area contributed by atoms with Crippen LogP contribution in [0.3, 0.4) is 0 Å². The fourth-order valence-electron chi connectivity index (χ4n) is 6.96. The third-order valence-electron chi connectivity index (χ3n) is 8.74. The number of hydrogen-bond donors (Lipinski definition) is 3. The van der Waals surface area contributed by atoms with Crippen molar-refractivity contribution in [2.24, 2.45) is 35.0 Å². The van der Waals surface area contributed by atoms with Gasteiger partial charge in [-0.2, -0.15) is 0 Å². The molecule has 0 radical (unpaired) electrons. The third kappa shape index (κ3) is 3.64. The van der Waals surface area contributed by atoms with Gasteiger partial charge in [-0.15, -0.1) is 0 Å². The summed E-state index contributed by atoms with van der Waals surface area (Å²) < 4.78 is 15.1. The van der Waals surface area contributed by atoms with Crippen molar-refractivity contribution < 1.29 is 19.1 Å². The number of rotatable bonds is 6. The van der Waals surface area contributed by atoms with Crippen LogP contribution in [-0.4, -0.2) is 39.0 Å². The number of amides is 2. The van der Waals surface area contributed by atoms with Gasteiger partial charge >= 0.3 is 0 Å². The van der Waals surface area contributed by atoms with E-state index in [4.69, 9.17) is 23.2 Å². The molecule has 10 heteroatoms. The van der Waals surface area contributed by atoms with Crippen LogP contribution in [0.4, 0.5) is 4.39 Å². The Hall–Kier alpha value is -2.29. The molecule has 7 nitrogen and oxygen atoms in total. The van der Waals surface area contributed by atoms with E-state index in [1.807, 2.05) is 0 Å². The van der Waals surface area contributed by atoms with E-state index in [0.29, 0.717) is 23.7 Å². The molecule has 0 spiro atoms. The third-order valence-corrected chi connectivity index (χ3v) is 9.56. The van der Waals surface area contributed by atoms with Crippen LogP contribution in [0.15, 0.2) is 30.7 Å². The van der Waals surface area contributed by atoms with Crippen LogP contribution >= 0.6 is 23.2 Å². The number of carbonyl (C=O) groups excluding carboxylic acids is 2. The molecule has 5 aliphatic rings. The normalized spacial score (nSPS) is 36.9. The largest absolute Gasteiger partial charge is 0.391 e. The quantitative estimate of drug-likeness (QED) is 0.507. The summed E-state index contributed by atoms with van der Waals surface area (Å²) in [5, 5.41) is 16.8. The summed E-state index contributed by atoms with van der Waals surface area (Å²) in [6, 6.07) is 1.47. The Kier molecular flexibility index (Phi) is 5.36. The number of carbonyl (C=O) groups is 2. The van der Waals surface area contributed by atoms with Crippen LogP contribution in [0.2, 0.25) is 10.0 Å². The average molecular weight is 519 g/mol. The smallest absolute Gasteiger partial charge is 0.271 e. The average Bonchev–Trinajstić information content (AvgIpc) is 3.63. The lowest BCUT2D eigenvalue weighted by Crippen LogP contribution is -2.43. The topological polar surface area (TPSA) is 104 Å². The van der Waals surface area contributed by atoms with Gasteiger partial charge in [-0.25, -0.2) is 9.37 Å². The maximum absolute atomic E-state index is 15.1. The summed E-state index contributed by atoms with van der Waals surface area (Å²) >= 11 is 12.7. The van der Waals surface area contributed by atoms with Crippen molar-refractivity contribution in [1.82, 2.24) is 20.6 Å². The zero-order chi connectivity index (χ0) is 24.6. The number of halogens is 3. The summed E-state index contributed by atoms with van der Waals surface area (Å²) in [6.45, 7) is 2.10. The Balaban J connectivity index is 1.21. The lowest BCUT2D eigenvalue weighted by atomic mass is 9.75. The summed E-state index contributed by atoms with van der Waals surface area (Å²) in [7, 11) is 0. The van der Waals surface area contributed by atoms with Crippen LogP contribution in [0.1, 0.15) is 48.3 Å². The Labute approximate surface area is 211 Å². The number of aliphatic hydroxyl groups excluding tert-OH is 1. The van der Waals surface area contributed by atoms with E-state index in [1.165, 1.54) is 30.7 Å². The van der Waals surface area contributed by atoms with Gasteiger partial charge in [0.2, 0.25) is 5.91 Å². The van der Waals surface area contributed by atoms with Gasteiger partial charge in [0.05, 0.1) is 34.4 Å². The number of hydrogen-bond acceptors (Lipinski definition) is 5. The van der Waals surface area contributed by atoms with Gasteiger partial charge in [-0.3, -0.25) is 14.6 Å². The van der Waals surface area contributed by atoms with Gasteiger partial charge in [0.25, 0.3) is 5.91 Å². The monoisotopic (exact) mass is 518 g/mol. The van der Waals surface area contributed by atoms with Crippen molar-refractivity contribution >= 4 is 35.0 Å². The molecule has 3 N–H and O–H groups in total. The maximum atomic E-state index is 15.1. The minimum atomic E-state index is -0.893. The minimum Gasteiger partial charge on any atom is -0.391 e. The molecule has 0 aliphatic heterocycles. The molecule has 184 valence electrons. The van der Waals surface area contributed by atoms with Gasteiger partial charge in [-0.1, -0.05) is 30.1 Å². The first-order chi connectivity index (χ1) is 16.7. The van der Waals surface area contributed by atoms with Gasteiger partial charge in [0, 0.05) is 23.9 Å². The lowest BCUT2D eigenvalue weighted by Gasteiger charge is -2.37. The van der Waals surface area contributed by atoms with E-state index in [1.54, 1.807) is 0 Å². The highest BCUT2D eigenvalue weighted by Gasteiger charge is 2.85. The molecular formula is C25H25Cl2FN4O3. The summed E-state index contributed by atoms with van der Waals surface area (Å²) in [6.07, 6.45) is 4.66. The van der Waals surface area contributed by atoms with E-state index < -0.39 is 35.8 Å². The van der Waals surface area contributed by atoms with Crippen LogP contribution in [0.25, 0.3) is 0 Å². The highest BCUT2D eigenvalue weighted by Crippen LogP contribution is 2.89. The molecule has 5 aliphatic carbocycles. The molecule has 5 saturated carbocycles. The van der Waals surface area contributed by atoms with E-state index in [2.05, 4.69) is 27.5 Å². The lowest BCUT2D eigenvalue weighted by molar-refractivity contribution is -0.126. The van der Waals surface area contributed by atoms with Gasteiger partial charge in [-0.05, 0) is 60.5 Å². The molecule has 5 fully saturated rings. The van der Waals surface area contributed by atoms with Crippen molar-refractivity contribution in [2.75, 3.05) is 0 Å². The predicted octanol–water partition coefficient (Wildman–Crippen LogP) is 3.55. The Bertz CT molecular complexity index is 1200. The number of aromatic nitrogens is 2. The molecule has 1 aromatic heterocycles. The van der Waals surface area contributed by atoms with E-state index in [9.17, 15) is 14.7 Å². The van der Waals surface area contributed by atoms with E-state index in [-0.39, 0.29) is 45.5 Å². The Morgan fingerprint density at radius 2 is 2.00 bits per heavy atom. The molecule has 35 heavy (non-hydrogen) atoms. The van der Waals surface area contributed by atoms with E-state index in [0.717, 1.165) is 6.42 Å². The number of nitrogens with zero attached hydrogens (tertiary/aromatic N) is 2. The Morgan fingerprint density at radius 1 is 1.23 bits per heavy atom. The fourth-order valence-corrected chi connectivity index (χ4v) is 7.39. The maximum Gasteiger partial charge on any atom is 0.271 e. The Morgan fingerprint density at radius 3 is 2.66 bits per heavy atom. The van der Waals surface area contributed by atoms with Gasteiger partial charge in [0.15, 0.2) is 0 Å². The van der Waals surface area contributed by atoms with Crippen LogP contribution in [0.5, 0.6) is 0 Å². The second-order valence-electron chi connectivity index (χ2n) is 10.7. The molecule has 2 amide bonds. The van der Waals surface area contributed by atoms with Crippen molar-refractivity contribution in [3.8, 4) is 0 Å². The SMILES string of the molecule is C[C@]1([C@H](NC(=O)[C@H]2CC(NC(=O)c3cnccn3)[C@H](O)C2)c2c(F)ccc(Cl)c2Cl)CC2C3C1[C@@H]23. The minimum absolute atomic E-state index is 0.123. The predicted molar refractivity (Wildman–Crippen MR) is 126 cm³/mol. The molecule has 2 aromatic rings. The molecule has 7 rings (SSSR count). The van der Waals surface area contributed by atoms with Crippen molar-refractivity contribution in [1.29, 1.82) is 0 Å². The van der Waals surface area contributed by atoms with Crippen molar-refractivity contribution in [3.63, 3.8) is 0 Å². The first-order valence-corrected chi connectivity index (χ1v) is 12.6. The highest BCUT2D eigenvalue weighted by atomic mass is 35.5. The highest BCUT2D eigenvalue weighted by molar-refractivity contribution is 6.42. The van der Waals surface area contributed by atoms with Crippen molar-refractivity contribution in [3.05, 3.63) is 57.8 Å². The molecule has 1 aromatic carbocycles. The second kappa shape index (κ2) is 8.11. The second-order valence-corrected chi connectivity index (χ2v) is 11.4. The van der Waals surface area contributed by atoms with Gasteiger partial charge in [0.1, 0.15) is 11.5 Å². The first kappa shape index (κ1) is 23.1. The van der Waals surface area contributed by atoms with Gasteiger partial charge < -0.3 is 15.7 Å². The molecule has 4 unspecified atom stereocenters. The summed E-state index contributed by atoms with van der Waals surface area (Å²) in [5.74, 6) is 0.651. The zero-order valence-corrected chi connectivity index (χ0v) is 20.4. The number of nitrogens with one attached hydrogen (secondary N) is 2. The van der Waals surface area contributed by atoms with Crippen molar-refractivity contribution in [2.45, 2.75) is 44.4 Å². The molecule has 9 atom stereocenters. The molecular weight excluding hydrogens is 494 g/mol. The molecule has 1 heterocycles. The summed E-state index contributed by atoms with van der Waals surface area (Å²) in [5.41, 5.74) is 0.0455. The standard InChI is InChI=1S/C25H25Cl2FN4O3/c1-25(8-11-17-18(11)20(17)25)22(19-13(28)3-2-12(26)21(19)27)32-23(34)10-6-14(16(33)7-10)31-24(35)15-9-29-4-5-30-15/h2-5,9-11,14,16-18,20,22,33H,6-8H2,1H3,(H,31,35)(H,32,34)/t10-,11?,14?,16+,17-,18?,20?,22+,25-/m0/s1. The number of benzene rings is 1. The fraction of sp³-hybridized carbons (Fsp3) is 0.520.